The maximum Gasteiger partial charge on any atom is 0.263 e. The van der Waals surface area contributed by atoms with Gasteiger partial charge in [-0.2, -0.15) is 5.10 Å². The number of anilines is 1. The maximum atomic E-state index is 12.4. The third kappa shape index (κ3) is 2.94. The lowest BCUT2D eigenvalue weighted by Gasteiger charge is -2.12. The second-order valence-corrected chi connectivity index (χ2v) is 6.11. The van der Waals surface area contributed by atoms with E-state index < -0.39 is 10.0 Å². The monoisotopic (exact) mass is 292 g/mol. The summed E-state index contributed by atoms with van der Waals surface area (Å²) in [5, 5.41) is 7.35. The molecule has 106 valence electrons. The number of nitrogens with zero attached hydrogens (tertiary/aromatic N) is 2. The van der Waals surface area contributed by atoms with Crippen LogP contribution in [0, 0.1) is 13.8 Å². The Labute approximate surface area is 118 Å². The summed E-state index contributed by atoms with van der Waals surface area (Å²) in [6.45, 7) is 3.94. The van der Waals surface area contributed by atoms with Crippen LogP contribution in [-0.2, 0) is 16.6 Å². The first-order valence-corrected chi connectivity index (χ1v) is 7.53. The van der Waals surface area contributed by atoms with E-state index in [1.165, 1.54) is 12.3 Å². The summed E-state index contributed by atoms with van der Waals surface area (Å²) < 4.78 is 27.2. The maximum absolute atomic E-state index is 12.4. The van der Waals surface area contributed by atoms with Gasteiger partial charge in [-0.15, -0.1) is 5.10 Å². The molecule has 1 aromatic carbocycles. The van der Waals surface area contributed by atoms with Gasteiger partial charge in [-0.1, -0.05) is 6.07 Å². The molecule has 0 fully saturated rings. The number of sulfonamides is 1. The summed E-state index contributed by atoms with van der Waals surface area (Å²) in [6, 6.07) is 6.56. The molecule has 2 aromatic rings. The normalized spacial score (nSPS) is 11.3. The number of rotatable bonds is 4. The van der Waals surface area contributed by atoms with Crippen molar-refractivity contribution < 1.29 is 8.42 Å². The summed E-state index contributed by atoms with van der Waals surface area (Å²) in [5.74, 6) is 0.182. The lowest BCUT2D eigenvalue weighted by molar-refractivity contribution is 0.600. The molecule has 0 radical (unpaired) electrons. The van der Waals surface area contributed by atoms with Crippen molar-refractivity contribution in [2.75, 3.05) is 4.72 Å². The molecule has 0 spiro atoms. The minimum absolute atomic E-state index is 0.182. The molecule has 7 heteroatoms. The Morgan fingerprint density at radius 2 is 2.00 bits per heavy atom. The standard InChI is InChI=1S/C13H16N4O2S/c1-9-6-10(2)12(7-11(9)8-14)20(18,19)17-13-4-3-5-15-16-13/h3-7H,8,14H2,1-2H3,(H,16,17). The molecule has 0 aliphatic carbocycles. The van der Waals surface area contributed by atoms with Gasteiger partial charge in [0.25, 0.3) is 10.0 Å². The van der Waals surface area contributed by atoms with Crippen LogP contribution in [0.1, 0.15) is 16.7 Å². The zero-order valence-corrected chi connectivity index (χ0v) is 12.1. The minimum Gasteiger partial charge on any atom is -0.326 e. The molecule has 0 aliphatic heterocycles. The number of benzene rings is 1. The van der Waals surface area contributed by atoms with Crippen LogP contribution in [-0.4, -0.2) is 18.6 Å². The third-order valence-electron chi connectivity index (χ3n) is 2.95. The van der Waals surface area contributed by atoms with Gasteiger partial charge in [0.15, 0.2) is 5.82 Å². The van der Waals surface area contributed by atoms with Crippen molar-refractivity contribution in [3.05, 3.63) is 47.2 Å². The Hall–Kier alpha value is -1.99. The molecule has 0 bridgehead atoms. The second-order valence-electron chi connectivity index (χ2n) is 4.46. The Morgan fingerprint density at radius 1 is 1.25 bits per heavy atom. The van der Waals surface area contributed by atoms with Crippen molar-refractivity contribution in [1.82, 2.24) is 10.2 Å². The molecule has 1 heterocycles. The molecular weight excluding hydrogens is 276 g/mol. The number of nitrogens with two attached hydrogens (primary N) is 1. The summed E-state index contributed by atoms with van der Waals surface area (Å²) in [6.07, 6.45) is 1.47. The molecule has 3 N–H and O–H groups in total. The van der Waals surface area contributed by atoms with Crippen LogP contribution in [0.4, 0.5) is 5.82 Å². The smallest absolute Gasteiger partial charge is 0.263 e. The highest BCUT2D eigenvalue weighted by Gasteiger charge is 2.19. The minimum atomic E-state index is -3.70. The average molecular weight is 292 g/mol. The lowest BCUT2D eigenvalue weighted by atomic mass is 10.1. The lowest BCUT2D eigenvalue weighted by Crippen LogP contribution is -2.16. The third-order valence-corrected chi connectivity index (χ3v) is 4.45. The molecule has 0 amide bonds. The van der Waals surface area contributed by atoms with Gasteiger partial charge in [0, 0.05) is 12.7 Å². The van der Waals surface area contributed by atoms with Gasteiger partial charge in [0.05, 0.1) is 4.90 Å². The Bertz CT molecular complexity index is 715. The van der Waals surface area contributed by atoms with E-state index in [1.807, 2.05) is 13.0 Å². The van der Waals surface area contributed by atoms with Gasteiger partial charge in [-0.05, 0) is 48.7 Å². The van der Waals surface area contributed by atoms with Crippen LogP contribution >= 0.6 is 0 Å². The zero-order valence-electron chi connectivity index (χ0n) is 11.3. The van der Waals surface area contributed by atoms with Crippen LogP contribution in [0.15, 0.2) is 35.4 Å². The quantitative estimate of drug-likeness (QED) is 0.886. The molecule has 2 rings (SSSR count). The van der Waals surface area contributed by atoms with E-state index in [4.69, 9.17) is 5.73 Å². The van der Waals surface area contributed by atoms with E-state index >= 15 is 0 Å². The Morgan fingerprint density at radius 3 is 2.60 bits per heavy atom. The van der Waals surface area contributed by atoms with Gasteiger partial charge in [0.1, 0.15) is 0 Å². The van der Waals surface area contributed by atoms with E-state index in [0.717, 1.165) is 11.1 Å². The largest absolute Gasteiger partial charge is 0.326 e. The highest BCUT2D eigenvalue weighted by molar-refractivity contribution is 7.92. The van der Waals surface area contributed by atoms with Crippen molar-refractivity contribution in [2.45, 2.75) is 25.3 Å². The molecular formula is C13H16N4O2S. The van der Waals surface area contributed by atoms with Crippen LogP contribution < -0.4 is 10.5 Å². The van der Waals surface area contributed by atoms with Crippen LogP contribution in [0.25, 0.3) is 0 Å². The summed E-state index contributed by atoms with van der Waals surface area (Å²) in [7, 11) is -3.70. The van der Waals surface area contributed by atoms with E-state index in [1.54, 1.807) is 19.1 Å². The van der Waals surface area contributed by atoms with E-state index in [-0.39, 0.29) is 10.7 Å². The second kappa shape index (κ2) is 5.56. The fourth-order valence-corrected chi connectivity index (χ4v) is 3.21. The predicted molar refractivity (Wildman–Crippen MR) is 76.6 cm³/mol. The molecule has 20 heavy (non-hydrogen) atoms. The SMILES string of the molecule is Cc1cc(C)c(S(=O)(=O)Nc2cccnn2)cc1CN. The average Bonchev–Trinajstić information content (AvgIpc) is 2.39. The van der Waals surface area contributed by atoms with Crippen molar-refractivity contribution >= 4 is 15.8 Å². The topological polar surface area (TPSA) is 98.0 Å². The van der Waals surface area contributed by atoms with Crippen molar-refractivity contribution in [3.8, 4) is 0 Å². The molecule has 0 saturated carbocycles. The first-order valence-electron chi connectivity index (χ1n) is 6.05. The molecule has 0 atom stereocenters. The first-order chi connectivity index (χ1) is 9.44. The molecule has 0 aliphatic rings. The number of nitrogens with one attached hydrogen (secondary N) is 1. The summed E-state index contributed by atoms with van der Waals surface area (Å²) in [5.41, 5.74) is 8.07. The molecule has 0 unspecified atom stereocenters. The van der Waals surface area contributed by atoms with Crippen LogP contribution in [0.3, 0.4) is 0 Å². The van der Waals surface area contributed by atoms with Gasteiger partial charge in [-0.3, -0.25) is 4.72 Å². The van der Waals surface area contributed by atoms with E-state index in [2.05, 4.69) is 14.9 Å². The molecule has 1 aromatic heterocycles. The number of hydrogen-bond donors (Lipinski definition) is 2. The highest BCUT2D eigenvalue weighted by Crippen LogP contribution is 2.22. The number of hydrogen-bond acceptors (Lipinski definition) is 5. The number of aromatic nitrogens is 2. The van der Waals surface area contributed by atoms with Crippen LogP contribution in [0.5, 0.6) is 0 Å². The predicted octanol–water partition coefficient (Wildman–Crippen LogP) is 1.35. The summed E-state index contributed by atoms with van der Waals surface area (Å²) in [4.78, 5) is 0.203. The fourth-order valence-electron chi connectivity index (χ4n) is 1.93. The van der Waals surface area contributed by atoms with Crippen molar-refractivity contribution in [1.29, 1.82) is 0 Å². The Balaban J connectivity index is 2.44. The summed E-state index contributed by atoms with van der Waals surface area (Å²) >= 11 is 0. The van der Waals surface area contributed by atoms with E-state index in [9.17, 15) is 8.42 Å². The molecule has 0 saturated heterocycles. The van der Waals surface area contributed by atoms with Gasteiger partial charge in [-0.25, -0.2) is 8.42 Å². The highest BCUT2D eigenvalue weighted by atomic mass is 32.2. The van der Waals surface area contributed by atoms with Crippen LogP contribution in [0.2, 0.25) is 0 Å². The van der Waals surface area contributed by atoms with E-state index in [0.29, 0.717) is 12.1 Å². The Kier molecular flexibility index (Phi) is 4.01. The van der Waals surface area contributed by atoms with Crippen molar-refractivity contribution in [2.24, 2.45) is 5.73 Å². The molecule has 6 nitrogen and oxygen atoms in total. The number of aryl methyl sites for hydroxylation is 2. The van der Waals surface area contributed by atoms with Gasteiger partial charge < -0.3 is 5.73 Å². The van der Waals surface area contributed by atoms with Crippen molar-refractivity contribution in [3.63, 3.8) is 0 Å². The van der Waals surface area contributed by atoms with Gasteiger partial charge >= 0.3 is 0 Å². The fraction of sp³-hybridized carbons (Fsp3) is 0.231. The first kappa shape index (κ1) is 14.4. The zero-order chi connectivity index (χ0) is 14.8. The van der Waals surface area contributed by atoms with Gasteiger partial charge in [0.2, 0.25) is 0 Å².